The lowest BCUT2D eigenvalue weighted by molar-refractivity contribution is -0.128. The standard InChI is InChI=1S/C21H25N3O3S/c25-16-9-10-24(12-16)21(27)18-13-28-20(23-18)17(11-14-5-2-1-3-6-14)22-19(26)15-7-4-8-15/h1-3,5-6,13,15-17,25H,4,7-12H2,(H,22,26)/t16-,17+/m0/s1. The molecule has 148 valence electrons. The summed E-state index contributed by atoms with van der Waals surface area (Å²) in [6, 6.07) is 9.76. The minimum absolute atomic E-state index is 0.0814. The second-order valence-electron chi connectivity index (χ2n) is 7.64. The average molecular weight is 400 g/mol. The normalized spacial score (nSPS) is 20.6. The van der Waals surface area contributed by atoms with E-state index in [9.17, 15) is 14.7 Å². The number of nitrogens with zero attached hydrogens (tertiary/aromatic N) is 2. The van der Waals surface area contributed by atoms with E-state index >= 15 is 0 Å². The molecule has 2 amide bonds. The van der Waals surface area contributed by atoms with Crippen molar-refractivity contribution in [2.24, 2.45) is 5.92 Å². The fourth-order valence-electron chi connectivity index (χ4n) is 3.64. The van der Waals surface area contributed by atoms with Crippen LogP contribution in [-0.4, -0.2) is 46.0 Å². The van der Waals surface area contributed by atoms with Crippen molar-refractivity contribution in [2.75, 3.05) is 13.1 Å². The van der Waals surface area contributed by atoms with Crippen molar-refractivity contribution in [3.63, 3.8) is 0 Å². The maximum absolute atomic E-state index is 12.6. The average Bonchev–Trinajstić information content (AvgIpc) is 3.29. The summed E-state index contributed by atoms with van der Waals surface area (Å²) < 4.78 is 0. The van der Waals surface area contributed by atoms with Gasteiger partial charge in [0.15, 0.2) is 0 Å². The quantitative estimate of drug-likeness (QED) is 0.782. The number of β-amino-alcohol motifs (C(OH)–C–C–N with tert-alkyl or cyclic N) is 1. The van der Waals surface area contributed by atoms with Gasteiger partial charge in [-0.3, -0.25) is 9.59 Å². The molecule has 2 aliphatic rings. The summed E-state index contributed by atoms with van der Waals surface area (Å²) in [6.07, 6.45) is 3.80. The van der Waals surface area contributed by atoms with E-state index in [1.54, 1.807) is 10.3 Å². The lowest BCUT2D eigenvalue weighted by atomic mass is 9.84. The summed E-state index contributed by atoms with van der Waals surface area (Å²) in [6.45, 7) is 0.913. The first kappa shape index (κ1) is 19.1. The summed E-state index contributed by atoms with van der Waals surface area (Å²) in [4.78, 5) is 31.4. The summed E-state index contributed by atoms with van der Waals surface area (Å²) >= 11 is 1.41. The number of aliphatic hydroxyl groups excluding tert-OH is 1. The number of benzene rings is 1. The van der Waals surface area contributed by atoms with Crippen LogP contribution in [0.5, 0.6) is 0 Å². The molecule has 2 atom stereocenters. The molecule has 2 heterocycles. The molecule has 2 aromatic rings. The van der Waals surface area contributed by atoms with Crippen LogP contribution >= 0.6 is 11.3 Å². The Morgan fingerprint density at radius 2 is 2.04 bits per heavy atom. The molecule has 1 aromatic carbocycles. The van der Waals surface area contributed by atoms with Crippen LogP contribution in [0.25, 0.3) is 0 Å². The highest BCUT2D eigenvalue weighted by molar-refractivity contribution is 7.09. The van der Waals surface area contributed by atoms with Crippen molar-refractivity contribution in [1.29, 1.82) is 0 Å². The van der Waals surface area contributed by atoms with Gasteiger partial charge >= 0.3 is 0 Å². The summed E-state index contributed by atoms with van der Waals surface area (Å²) in [5.41, 5.74) is 1.51. The van der Waals surface area contributed by atoms with Gasteiger partial charge in [0.25, 0.3) is 5.91 Å². The van der Waals surface area contributed by atoms with E-state index in [4.69, 9.17) is 0 Å². The van der Waals surface area contributed by atoms with E-state index in [1.807, 2.05) is 30.3 Å². The number of rotatable bonds is 6. The molecule has 7 heteroatoms. The SMILES string of the molecule is O=C(N[C@H](Cc1ccccc1)c1nc(C(=O)N2CC[C@H](O)C2)cs1)C1CCC1. The Morgan fingerprint density at radius 1 is 1.25 bits per heavy atom. The van der Waals surface area contributed by atoms with Crippen molar-refractivity contribution >= 4 is 23.2 Å². The summed E-state index contributed by atoms with van der Waals surface area (Å²) in [5.74, 6) is 0.0335. The van der Waals surface area contributed by atoms with E-state index in [2.05, 4.69) is 10.3 Å². The van der Waals surface area contributed by atoms with Crippen molar-refractivity contribution in [3.8, 4) is 0 Å². The Bertz CT molecular complexity index is 834. The first-order valence-corrected chi connectivity index (χ1v) is 10.7. The van der Waals surface area contributed by atoms with Crippen molar-refractivity contribution in [2.45, 2.75) is 44.2 Å². The zero-order valence-corrected chi connectivity index (χ0v) is 16.5. The van der Waals surface area contributed by atoms with Gasteiger partial charge in [-0.1, -0.05) is 36.8 Å². The minimum Gasteiger partial charge on any atom is -0.391 e. The van der Waals surface area contributed by atoms with Crippen LogP contribution in [0.1, 0.15) is 52.8 Å². The third-order valence-electron chi connectivity index (χ3n) is 5.56. The number of hydrogen-bond acceptors (Lipinski definition) is 5. The first-order chi connectivity index (χ1) is 13.6. The summed E-state index contributed by atoms with van der Waals surface area (Å²) in [5, 5.41) is 15.3. The van der Waals surface area contributed by atoms with Crippen LogP contribution in [0.2, 0.25) is 0 Å². The van der Waals surface area contributed by atoms with Crippen LogP contribution in [0, 0.1) is 5.92 Å². The molecule has 0 radical (unpaired) electrons. The van der Waals surface area contributed by atoms with Crippen LogP contribution in [0.3, 0.4) is 0 Å². The van der Waals surface area contributed by atoms with Gasteiger partial charge in [-0.15, -0.1) is 11.3 Å². The fourth-order valence-corrected chi connectivity index (χ4v) is 4.49. The van der Waals surface area contributed by atoms with Gasteiger partial charge in [0.2, 0.25) is 5.91 Å². The molecule has 2 fully saturated rings. The zero-order valence-electron chi connectivity index (χ0n) is 15.7. The van der Waals surface area contributed by atoms with Crippen molar-refractivity contribution in [3.05, 3.63) is 52.0 Å². The molecule has 1 aliphatic carbocycles. The Kier molecular flexibility index (Phi) is 5.73. The molecule has 1 aromatic heterocycles. The van der Waals surface area contributed by atoms with E-state index in [0.717, 1.165) is 29.8 Å². The van der Waals surface area contributed by atoms with Crippen molar-refractivity contribution < 1.29 is 14.7 Å². The number of nitrogens with one attached hydrogen (secondary N) is 1. The van der Waals surface area contributed by atoms with Crippen molar-refractivity contribution in [1.82, 2.24) is 15.2 Å². The number of hydrogen-bond donors (Lipinski definition) is 2. The van der Waals surface area contributed by atoms with Gasteiger partial charge < -0.3 is 15.3 Å². The number of amides is 2. The second-order valence-corrected chi connectivity index (χ2v) is 8.53. The molecular weight excluding hydrogens is 374 g/mol. The number of thiazole rings is 1. The molecule has 0 bridgehead atoms. The van der Waals surface area contributed by atoms with Gasteiger partial charge in [0, 0.05) is 24.4 Å². The highest BCUT2D eigenvalue weighted by atomic mass is 32.1. The third kappa shape index (κ3) is 4.25. The molecule has 2 N–H and O–H groups in total. The minimum atomic E-state index is -0.449. The number of aliphatic hydroxyl groups is 1. The lowest BCUT2D eigenvalue weighted by Gasteiger charge is -2.27. The van der Waals surface area contributed by atoms with Gasteiger partial charge in [-0.2, -0.15) is 0 Å². The monoisotopic (exact) mass is 399 g/mol. The molecule has 0 unspecified atom stereocenters. The molecule has 4 rings (SSSR count). The molecular formula is C21H25N3O3S. The maximum Gasteiger partial charge on any atom is 0.273 e. The predicted molar refractivity (Wildman–Crippen MR) is 107 cm³/mol. The van der Waals surface area contributed by atoms with E-state index in [0.29, 0.717) is 31.6 Å². The third-order valence-corrected chi connectivity index (χ3v) is 6.52. The highest BCUT2D eigenvalue weighted by Gasteiger charge is 2.30. The molecule has 1 saturated carbocycles. The van der Waals surface area contributed by atoms with Gasteiger partial charge in [0.1, 0.15) is 10.7 Å². The van der Waals surface area contributed by atoms with Gasteiger partial charge in [-0.05, 0) is 31.2 Å². The van der Waals surface area contributed by atoms with E-state index < -0.39 is 6.10 Å². The topological polar surface area (TPSA) is 82.5 Å². The number of likely N-dealkylation sites (tertiary alicyclic amines) is 1. The Balaban J connectivity index is 1.51. The Labute approximate surface area is 168 Å². The molecule has 1 aliphatic heterocycles. The second kappa shape index (κ2) is 8.41. The molecule has 6 nitrogen and oxygen atoms in total. The largest absolute Gasteiger partial charge is 0.391 e. The molecule has 1 saturated heterocycles. The van der Waals surface area contributed by atoms with Crippen LogP contribution < -0.4 is 5.32 Å². The van der Waals surface area contributed by atoms with Crippen LogP contribution in [0.4, 0.5) is 0 Å². The smallest absolute Gasteiger partial charge is 0.273 e. The predicted octanol–water partition coefficient (Wildman–Crippen LogP) is 2.55. The molecule has 0 spiro atoms. The van der Waals surface area contributed by atoms with E-state index in [1.165, 1.54) is 11.3 Å². The van der Waals surface area contributed by atoms with Crippen LogP contribution in [0.15, 0.2) is 35.7 Å². The van der Waals surface area contributed by atoms with Crippen LogP contribution in [-0.2, 0) is 11.2 Å². The highest BCUT2D eigenvalue weighted by Crippen LogP contribution is 2.29. The number of carbonyl (C=O) groups is 2. The van der Waals surface area contributed by atoms with Gasteiger partial charge in [0.05, 0.1) is 12.1 Å². The number of carbonyl (C=O) groups excluding carboxylic acids is 2. The molecule has 28 heavy (non-hydrogen) atoms. The fraction of sp³-hybridized carbons (Fsp3) is 0.476. The maximum atomic E-state index is 12.6. The Morgan fingerprint density at radius 3 is 2.68 bits per heavy atom. The number of aromatic nitrogens is 1. The van der Waals surface area contributed by atoms with E-state index in [-0.39, 0.29) is 23.8 Å². The zero-order chi connectivity index (χ0) is 19.5. The first-order valence-electron chi connectivity index (χ1n) is 9.87. The lowest BCUT2D eigenvalue weighted by Crippen LogP contribution is -2.37. The summed E-state index contributed by atoms with van der Waals surface area (Å²) in [7, 11) is 0. The van der Waals surface area contributed by atoms with Gasteiger partial charge in [-0.25, -0.2) is 4.98 Å². The Hall–Kier alpha value is -2.25.